The zero-order valence-corrected chi connectivity index (χ0v) is 11.8. The van der Waals surface area contributed by atoms with E-state index in [0.717, 1.165) is 45.2 Å². The Bertz CT molecular complexity index is 369. The summed E-state index contributed by atoms with van der Waals surface area (Å²) in [6.07, 6.45) is 2.22. The molecular weight excluding hydrogens is 242 g/mol. The van der Waals surface area contributed by atoms with Crippen molar-refractivity contribution in [1.82, 2.24) is 10.3 Å². The molecule has 5 nitrogen and oxygen atoms in total. The van der Waals surface area contributed by atoms with Crippen LogP contribution in [0, 0.1) is 0 Å². The lowest BCUT2D eigenvalue weighted by atomic mass is 10.2. The van der Waals surface area contributed by atoms with E-state index < -0.39 is 0 Å². The average Bonchev–Trinajstić information content (AvgIpc) is 2.44. The second-order valence-electron chi connectivity index (χ2n) is 4.82. The fraction of sp³-hybridized carbons (Fsp3) is 0.643. The van der Waals surface area contributed by atoms with E-state index in [4.69, 9.17) is 9.47 Å². The second kappa shape index (κ2) is 7.43. The van der Waals surface area contributed by atoms with Crippen molar-refractivity contribution in [2.75, 3.05) is 44.9 Å². The molecule has 0 aromatic carbocycles. The van der Waals surface area contributed by atoms with E-state index in [1.165, 1.54) is 5.56 Å². The topological polar surface area (TPSA) is 46.6 Å². The van der Waals surface area contributed by atoms with Gasteiger partial charge in [-0.15, -0.1) is 0 Å². The minimum absolute atomic E-state index is 0.283. The van der Waals surface area contributed by atoms with Crippen molar-refractivity contribution in [2.24, 2.45) is 0 Å². The van der Waals surface area contributed by atoms with E-state index in [9.17, 15) is 0 Å². The van der Waals surface area contributed by atoms with Gasteiger partial charge in [0.1, 0.15) is 5.82 Å². The van der Waals surface area contributed by atoms with E-state index in [2.05, 4.69) is 34.3 Å². The molecule has 1 fully saturated rings. The number of nitrogens with zero attached hydrogens (tertiary/aromatic N) is 2. The monoisotopic (exact) mass is 265 g/mol. The van der Waals surface area contributed by atoms with Crippen LogP contribution in [-0.4, -0.2) is 51.0 Å². The molecule has 0 saturated carbocycles. The van der Waals surface area contributed by atoms with Crippen molar-refractivity contribution in [2.45, 2.75) is 19.6 Å². The van der Waals surface area contributed by atoms with Crippen LogP contribution in [0.25, 0.3) is 0 Å². The van der Waals surface area contributed by atoms with Crippen LogP contribution in [0.4, 0.5) is 5.82 Å². The number of morpholine rings is 1. The Balaban J connectivity index is 1.83. The minimum Gasteiger partial charge on any atom is -0.383 e. The SMILES string of the molecule is COCCNCc1ccc(N2CCOC(C)C2)nc1. The molecule has 2 heterocycles. The molecule has 0 bridgehead atoms. The summed E-state index contributed by atoms with van der Waals surface area (Å²) in [6.45, 7) is 7.14. The van der Waals surface area contributed by atoms with Crippen LogP contribution in [-0.2, 0) is 16.0 Å². The predicted octanol–water partition coefficient (Wildman–Crippen LogP) is 1.04. The molecule has 1 atom stereocenters. The Labute approximate surface area is 114 Å². The Morgan fingerprint density at radius 3 is 3.11 bits per heavy atom. The van der Waals surface area contributed by atoms with Crippen LogP contribution in [0.15, 0.2) is 18.3 Å². The highest BCUT2D eigenvalue weighted by molar-refractivity contribution is 5.39. The predicted molar refractivity (Wildman–Crippen MR) is 75.4 cm³/mol. The van der Waals surface area contributed by atoms with E-state index >= 15 is 0 Å². The molecule has 0 spiro atoms. The lowest BCUT2D eigenvalue weighted by molar-refractivity contribution is 0.0529. The van der Waals surface area contributed by atoms with Gasteiger partial charge in [0.05, 0.1) is 19.3 Å². The van der Waals surface area contributed by atoms with Gasteiger partial charge in [0.25, 0.3) is 0 Å². The third kappa shape index (κ3) is 4.45. The summed E-state index contributed by atoms with van der Waals surface area (Å²) in [4.78, 5) is 6.81. The van der Waals surface area contributed by atoms with E-state index in [0.29, 0.717) is 0 Å². The first kappa shape index (κ1) is 14.2. The summed E-state index contributed by atoms with van der Waals surface area (Å²) < 4.78 is 10.5. The minimum atomic E-state index is 0.283. The van der Waals surface area contributed by atoms with Gasteiger partial charge in [-0.05, 0) is 18.6 Å². The number of nitrogens with one attached hydrogen (secondary N) is 1. The van der Waals surface area contributed by atoms with Crippen LogP contribution >= 0.6 is 0 Å². The number of rotatable bonds is 6. The molecule has 0 radical (unpaired) electrons. The highest BCUT2D eigenvalue weighted by Crippen LogP contribution is 2.15. The van der Waals surface area contributed by atoms with Crippen molar-refractivity contribution in [3.63, 3.8) is 0 Å². The Morgan fingerprint density at radius 2 is 2.42 bits per heavy atom. The number of pyridine rings is 1. The van der Waals surface area contributed by atoms with E-state index in [1.54, 1.807) is 7.11 Å². The number of anilines is 1. The summed E-state index contributed by atoms with van der Waals surface area (Å²) in [7, 11) is 1.71. The third-order valence-electron chi connectivity index (χ3n) is 3.19. The molecule has 106 valence electrons. The maximum absolute atomic E-state index is 5.54. The second-order valence-corrected chi connectivity index (χ2v) is 4.82. The molecule has 1 aliphatic heterocycles. The molecule has 1 aromatic heterocycles. The first-order valence-corrected chi connectivity index (χ1v) is 6.80. The van der Waals surface area contributed by atoms with Crippen molar-refractivity contribution in [3.05, 3.63) is 23.9 Å². The maximum Gasteiger partial charge on any atom is 0.128 e. The molecule has 5 heteroatoms. The summed E-state index contributed by atoms with van der Waals surface area (Å²) in [6, 6.07) is 4.22. The van der Waals surface area contributed by atoms with Gasteiger partial charge in [-0.1, -0.05) is 6.07 Å². The van der Waals surface area contributed by atoms with Gasteiger partial charge in [0, 0.05) is 39.5 Å². The average molecular weight is 265 g/mol. The van der Waals surface area contributed by atoms with Crippen LogP contribution in [0.1, 0.15) is 12.5 Å². The Morgan fingerprint density at radius 1 is 1.53 bits per heavy atom. The van der Waals surface area contributed by atoms with Gasteiger partial charge in [0.2, 0.25) is 0 Å². The molecule has 19 heavy (non-hydrogen) atoms. The normalized spacial score (nSPS) is 19.7. The zero-order chi connectivity index (χ0) is 13.5. The first-order chi connectivity index (χ1) is 9.29. The lowest BCUT2D eigenvalue weighted by Crippen LogP contribution is -2.41. The molecule has 0 aliphatic carbocycles. The quantitative estimate of drug-likeness (QED) is 0.779. The smallest absolute Gasteiger partial charge is 0.128 e. The lowest BCUT2D eigenvalue weighted by Gasteiger charge is -2.32. The van der Waals surface area contributed by atoms with E-state index in [1.807, 2.05) is 6.20 Å². The first-order valence-electron chi connectivity index (χ1n) is 6.80. The highest BCUT2D eigenvalue weighted by atomic mass is 16.5. The maximum atomic E-state index is 5.54. The third-order valence-corrected chi connectivity index (χ3v) is 3.19. The molecule has 1 unspecified atom stereocenters. The fourth-order valence-corrected chi connectivity index (χ4v) is 2.14. The number of hydrogen-bond donors (Lipinski definition) is 1. The van der Waals surface area contributed by atoms with Crippen molar-refractivity contribution < 1.29 is 9.47 Å². The van der Waals surface area contributed by atoms with Gasteiger partial charge in [-0.25, -0.2) is 4.98 Å². The summed E-state index contributed by atoms with van der Waals surface area (Å²) in [5.74, 6) is 1.04. The van der Waals surface area contributed by atoms with Crippen LogP contribution in [0.5, 0.6) is 0 Å². The number of aromatic nitrogens is 1. The molecule has 1 saturated heterocycles. The number of hydrogen-bond acceptors (Lipinski definition) is 5. The van der Waals surface area contributed by atoms with Crippen molar-refractivity contribution in [3.8, 4) is 0 Å². The molecule has 0 amide bonds. The molecule has 1 aromatic rings. The van der Waals surface area contributed by atoms with Gasteiger partial charge in [0.15, 0.2) is 0 Å². The number of ether oxygens (including phenoxy) is 2. The van der Waals surface area contributed by atoms with E-state index in [-0.39, 0.29) is 6.10 Å². The molecule has 1 N–H and O–H groups in total. The summed E-state index contributed by atoms with van der Waals surface area (Å²) in [5.41, 5.74) is 1.20. The van der Waals surface area contributed by atoms with Crippen LogP contribution in [0.2, 0.25) is 0 Å². The van der Waals surface area contributed by atoms with Crippen molar-refractivity contribution >= 4 is 5.82 Å². The van der Waals surface area contributed by atoms with Gasteiger partial charge >= 0.3 is 0 Å². The Kier molecular flexibility index (Phi) is 5.57. The van der Waals surface area contributed by atoms with Crippen LogP contribution in [0.3, 0.4) is 0 Å². The Hall–Kier alpha value is -1.17. The zero-order valence-electron chi connectivity index (χ0n) is 11.8. The summed E-state index contributed by atoms with van der Waals surface area (Å²) in [5, 5.41) is 3.31. The molecular formula is C14H23N3O2. The summed E-state index contributed by atoms with van der Waals surface area (Å²) >= 11 is 0. The highest BCUT2D eigenvalue weighted by Gasteiger charge is 2.17. The standard InChI is InChI=1S/C14H23N3O2/c1-12-11-17(6-8-19-12)14-4-3-13(10-16-14)9-15-5-7-18-2/h3-4,10,12,15H,5-9,11H2,1-2H3. The molecule has 1 aliphatic rings. The fourth-order valence-electron chi connectivity index (χ4n) is 2.14. The number of methoxy groups -OCH3 is 1. The van der Waals surface area contributed by atoms with Crippen molar-refractivity contribution in [1.29, 1.82) is 0 Å². The molecule has 2 rings (SSSR count). The van der Waals surface area contributed by atoms with Gasteiger partial charge in [-0.2, -0.15) is 0 Å². The van der Waals surface area contributed by atoms with Gasteiger partial charge < -0.3 is 19.7 Å². The van der Waals surface area contributed by atoms with Crippen LogP contribution < -0.4 is 10.2 Å². The largest absolute Gasteiger partial charge is 0.383 e. The van der Waals surface area contributed by atoms with Gasteiger partial charge in [-0.3, -0.25) is 0 Å².